The maximum absolute atomic E-state index is 12.9. The van der Waals surface area contributed by atoms with Crippen LogP contribution in [0.15, 0.2) is 45.8 Å². The van der Waals surface area contributed by atoms with Crippen molar-refractivity contribution in [2.75, 3.05) is 26.2 Å². The molecule has 2 heterocycles. The molecule has 4 rings (SSSR count). The minimum absolute atomic E-state index is 0.199. The van der Waals surface area contributed by atoms with Gasteiger partial charge in [0.2, 0.25) is 5.91 Å². The van der Waals surface area contributed by atoms with Crippen LogP contribution in [0.4, 0.5) is 4.79 Å². The highest BCUT2D eigenvalue weighted by Gasteiger charge is 2.37. The second-order valence-electron chi connectivity index (χ2n) is 8.03. The molecule has 2 saturated heterocycles. The molecule has 0 aliphatic carbocycles. The summed E-state index contributed by atoms with van der Waals surface area (Å²) >= 11 is 10.3. The van der Waals surface area contributed by atoms with Crippen LogP contribution >= 0.6 is 39.3 Å². The zero-order valence-corrected chi connectivity index (χ0v) is 22.2. The van der Waals surface area contributed by atoms with Crippen LogP contribution in [-0.2, 0) is 16.2 Å². The van der Waals surface area contributed by atoms with Gasteiger partial charge in [-0.25, -0.2) is 0 Å². The highest BCUT2D eigenvalue weighted by Crippen LogP contribution is 2.39. The van der Waals surface area contributed by atoms with Gasteiger partial charge in [-0.1, -0.05) is 23.7 Å². The Morgan fingerprint density at radius 1 is 1.14 bits per heavy atom. The average Bonchev–Trinajstić information content (AvgIpc) is 3.45. The number of imide groups is 1. The second kappa shape index (κ2) is 11.5. The fraction of sp³-hybridized carbons (Fsp3) is 0.320. The summed E-state index contributed by atoms with van der Waals surface area (Å²) in [5, 5.41) is 0.208. The third kappa shape index (κ3) is 6.20. The molecule has 2 aliphatic rings. The lowest BCUT2D eigenvalue weighted by Gasteiger charge is -2.18. The van der Waals surface area contributed by atoms with Crippen LogP contribution in [0.5, 0.6) is 11.5 Å². The van der Waals surface area contributed by atoms with Crippen molar-refractivity contribution in [2.45, 2.75) is 26.4 Å². The average molecular weight is 580 g/mol. The number of hydrogen-bond donors (Lipinski definition) is 0. The summed E-state index contributed by atoms with van der Waals surface area (Å²) in [5.74, 6) is 0.369. The Balaban J connectivity index is 1.51. The van der Waals surface area contributed by atoms with Crippen molar-refractivity contribution in [2.24, 2.45) is 0 Å². The molecule has 0 bridgehead atoms. The van der Waals surface area contributed by atoms with Gasteiger partial charge in [0.15, 0.2) is 11.5 Å². The van der Waals surface area contributed by atoms with E-state index in [1.54, 1.807) is 35.2 Å². The quantitative estimate of drug-likeness (QED) is 0.371. The van der Waals surface area contributed by atoms with Crippen molar-refractivity contribution in [1.82, 2.24) is 9.80 Å². The third-order valence-corrected chi connectivity index (χ3v) is 7.30. The predicted molar refractivity (Wildman–Crippen MR) is 140 cm³/mol. The number of rotatable bonds is 8. The first-order chi connectivity index (χ1) is 16.9. The third-order valence-electron chi connectivity index (χ3n) is 5.55. The molecule has 0 unspecified atom stereocenters. The van der Waals surface area contributed by atoms with Crippen LogP contribution in [0.2, 0.25) is 5.02 Å². The fourth-order valence-electron chi connectivity index (χ4n) is 3.80. The number of amides is 3. The van der Waals surface area contributed by atoms with E-state index in [1.807, 2.05) is 19.1 Å². The van der Waals surface area contributed by atoms with E-state index in [2.05, 4.69) is 15.9 Å². The number of benzene rings is 2. The summed E-state index contributed by atoms with van der Waals surface area (Å²) in [6, 6.07) is 10.9. The van der Waals surface area contributed by atoms with Crippen LogP contribution in [0, 0.1) is 0 Å². The highest BCUT2D eigenvalue weighted by atomic mass is 79.9. The monoisotopic (exact) mass is 578 g/mol. The van der Waals surface area contributed by atoms with Gasteiger partial charge in [-0.15, -0.1) is 0 Å². The number of carbonyl (C=O) groups is 3. The smallest absolute Gasteiger partial charge is 0.294 e. The van der Waals surface area contributed by atoms with Gasteiger partial charge in [-0.05, 0) is 88.9 Å². The summed E-state index contributed by atoms with van der Waals surface area (Å²) in [5.41, 5.74) is 1.61. The molecule has 0 atom stereocenters. The van der Waals surface area contributed by atoms with E-state index in [-0.39, 0.29) is 17.4 Å². The Kier molecular flexibility index (Phi) is 8.41. The molecule has 7 nitrogen and oxygen atoms in total. The molecule has 184 valence electrons. The van der Waals surface area contributed by atoms with Crippen molar-refractivity contribution in [3.63, 3.8) is 0 Å². The van der Waals surface area contributed by atoms with Crippen LogP contribution in [0.3, 0.4) is 0 Å². The molecule has 10 heteroatoms. The van der Waals surface area contributed by atoms with Gasteiger partial charge >= 0.3 is 0 Å². The molecular formula is C25H24BrClN2O5S. The lowest BCUT2D eigenvalue weighted by atomic mass is 10.1. The second-order valence-corrected chi connectivity index (χ2v) is 10.3. The molecule has 35 heavy (non-hydrogen) atoms. The van der Waals surface area contributed by atoms with Crippen LogP contribution in [0.1, 0.15) is 30.9 Å². The standard InChI is InChI=1S/C25H24BrClN2O5S/c1-2-33-20-12-17(11-19(26)23(20)34-15-16-5-7-18(27)8-6-16)13-21-24(31)29(25(32)35-21)14-22(30)28-9-3-4-10-28/h5-8,11-13H,2-4,9-10,14-15H2,1H3/b21-13+. The van der Waals surface area contributed by atoms with Gasteiger partial charge in [-0.3, -0.25) is 19.3 Å². The number of hydrogen-bond acceptors (Lipinski definition) is 6. The summed E-state index contributed by atoms with van der Waals surface area (Å²) < 4.78 is 12.4. The first-order valence-electron chi connectivity index (χ1n) is 11.2. The van der Waals surface area contributed by atoms with E-state index < -0.39 is 11.1 Å². The molecule has 0 aromatic heterocycles. The van der Waals surface area contributed by atoms with Crippen molar-refractivity contribution >= 4 is 62.4 Å². The minimum atomic E-state index is -0.468. The number of thioether (sulfide) groups is 1. The predicted octanol–water partition coefficient (Wildman–Crippen LogP) is 5.74. The SMILES string of the molecule is CCOc1cc(/C=C2/SC(=O)N(CC(=O)N3CCCC3)C2=O)cc(Br)c1OCc1ccc(Cl)cc1. The first kappa shape index (κ1) is 25.6. The number of halogens is 2. The summed E-state index contributed by atoms with van der Waals surface area (Å²) in [6.45, 7) is 3.72. The molecule has 2 aromatic rings. The van der Waals surface area contributed by atoms with Gasteiger partial charge in [0.25, 0.3) is 11.1 Å². The first-order valence-corrected chi connectivity index (χ1v) is 13.2. The molecule has 2 fully saturated rings. The largest absolute Gasteiger partial charge is 0.490 e. The van der Waals surface area contributed by atoms with Crippen molar-refractivity contribution in [3.05, 3.63) is 61.9 Å². The number of nitrogens with zero attached hydrogens (tertiary/aromatic N) is 2. The summed E-state index contributed by atoms with van der Waals surface area (Å²) in [6.07, 6.45) is 3.52. The highest BCUT2D eigenvalue weighted by molar-refractivity contribution is 9.10. The molecule has 2 aromatic carbocycles. The van der Waals surface area contributed by atoms with E-state index in [9.17, 15) is 14.4 Å². The van der Waals surface area contributed by atoms with Gasteiger partial charge < -0.3 is 14.4 Å². The van der Waals surface area contributed by atoms with Crippen molar-refractivity contribution in [3.8, 4) is 11.5 Å². The Labute approximate surface area is 221 Å². The Morgan fingerprint density at radius 2 is 1.86 bits per heavy atom. The maximum atomic E-state index is 12.9. The number of likely N-dealkylation sites (tertiary alicyclic amines) is 1. The van der Waals surface area contributed by atoms with E-state index >= 15 is 0 Å². The summed E-state index contributed by atoms with van der Waals surface area (Å²) in [4.78, 5) is 40.8. The van der Waals surface area contributed by atoms with E-state index in [0.29, 0.717) is 52.9 Å². The van der Waals surface area contributed by atoms with Gasteiger partial charge in [0.05, 0.1) is 16.0 Å². The van der Waals surface area contributed by atoms with Crippen LogP contribution in [-0.4, -0.2) is 53.1 Å². The Morgan fingerprint density at radius 3 is 2.54 bits per heavy atom. The molecule has 0 radical (unpaired) electrons. The molecule has 0 saturated carbocycles. The topological polar surface area (TPSA) is 76.2 Å². The Hall–Kier alpha value is -2.49. The fourth-order valence-corrected chi connectivity index (χ4v) is 5.34. The summed E-state index contributed by atoms with van der Waals surface area (Å²) in [7, 11) is 0. The lowest BCUT2D eigenvalue weighted by molar-refractivity contribution is -0.135. The van der Waals surface area contributed by atoms with E-state index in [4.69, 9.17) is 21.1 Å². The Bertz CT molecular complexity index is 1170. The lowest BCUT2D eigenvalue weighted by Crippen LogP contribution is -2.40. The van der Waals surface area contributed by atoms with E-state index in [0.717, 1.165) is 35.1 Å². The molecule has 0 spiro atoms. The molecule has 0 N–H and O–H groups in total. The van der Waals surface area contributed by atoms with Gasteiger partial charge in [0, 0.05) is 18.1 Å². The zero-order valence-electron chi connectivity index (χ0n) is 19.1. The maximum Gasteiger partial charge on any atom is 0.294 e. The van der Waals surface area contributed by atoms with Gasteiger partial charge in [-0.2, -0.15) is 0 Å². The van der Waals surface area contributed by atoms with Gasteiger partial charge in [0.1, 0.15) is 13.2 Å². The molecule has 2 aliphatic heterocycles. The molecular weight excluding hydrogens is 556 g/mol. The molecule has 3 amide bonds. The van der Waals surface area contributed by atoms with Crippen molar-refractivity contribution in [1.29, 1.82) is 0 Å². The number of ether oxygens (including phenoxy) is 2. The minimum Gasteiger partial charge on any atom is -0.490 e. The van der Waals surface area contributed by atoms with Crippen molar-refractivity contribution < 1.29 is 23.9 Å². The van der Waals surface area contributed by atoms with E-state index in [1.165, 1.54) is 0 Å². The zero-order chi connectivity index (χ0) is 24.9. The number of carbonyl (C=O) groups excluding carboxylic acids is 3. The normalized spacial score (nSPS) is 16.9. The van der Waals surface area contributed by atoms with Crippen LogP contribution in [0.25, 0.3) is 6.08 Å². The van der Waals surface area contributed by atoms with Crippen LogP contribution < -0.4 is 9.47 Å².